The normalized spacial score (nSPS) is 16.0. The van der Waals surface area contributed by atoms with Crippen LogP contribution in [0.1, 0.15) is 77.7 Å². The Labute approximate surface area is 625 Å². The van der Waals surface area contributed by atoms with Crippen LogP contribution in [0.25, 0.3) is 67.6 Å². The van der Waals surface area contributed by atoms with E-state index in [1.165, 1.54) is 18.5 Å². The molecule has 8 aromatic heterocycles. The van der Waals surface area contributed by atoms with E-state index in [1.54, 1.807) is 66.3 Å². The summed E-state index contributed by atoms with van der Waals surface area (Å²) in [5.41, 5.74) is 21.2. The summed E-state index contributed by atoms with van der Waals surface area (Å²) in [6.07, 6.45) is 2.56. The van der Waals surface area contributed by atoms with Gasteiger partial charge in [0.25, 0.3) is 5.92 Å². The zero-order valence-electron chi connectivity index (χ0n) is 64.1. The highest BCUT2D eigenvalue weighted by Crippen LogP contribution is 2.42. The molecular weight excluding hydrogens is 1390 g/mol. The third-order valence-electron chi connectivity index (χ3n) is 20.0. The van der Waals surface area contributed by atoms with E-state index < -0.39 is 12.1 Å². The SMILES string of the molecule is COc1ccc(-c2c(C)nc3c(N4CCC(F)(F)C4)cc(C)nn23)cc1OC.COc1ccc(-c2c(C)nc3c(N4CCCC4)cc(C)nn23)cc1OC.COc1ccc(-c2c(C)nc3c(N4CC[C@@H](F)C4)cc(C)nn23)cc1OC.COc1ccc(-c2c(C)nc3c(N4CC[C@@H](O)C4)cc(C)nn23)cc1OC. The van der Waals surface area contributed by atoms with Gasteiger partial charge in [0.05, 0.1) is 161 Å². The van der Waals surface area contributed by atoms with E-state index >= 15 is 0 Å². The minimum absolute atomic E-state index is 0.150. The molecule has 0 bridgehead atoms. The van der Waals surface area contributed by atoms with Crippen LogP contribution in [-0.2, 0) is 0 Å². The van der Waals surface area contributed by atoms with E-state index in [-0.39, 0.29) is 19.1 Å². The number of aliphatic hydroxyl groups excluding tert-OH is 1. The van der Waals surface area contributed by atoms with Crippen LogP contribution >= 0.6 is 0 Å². The Bertz CT molecular complexity index is 5140. The van der Waals surface area contributed by atoms with Gasteiger partial charge in [-0.2, -0.15) is 20.4 Å². The lowest BCUT2D eigenvalue weighted by molar-refractivity contribution is 0.0257. The van der Waals surface area contributed by atoms with Crippen LogP contribution in [0.15, 0.2) is 97.1 Å². The number of hydrogen-bond donors (Lipinski definition) is 1. The van der Waals surface area contributed by atoms with Gasteiger partial charge in [-0.15, -0.1) is 0 Å². The highest BCUT2D eigenvalue weighted by Gasteiger charge is 2.40. The summed E-state index contributed by atoms with van der Waals surface area (Å²) in [5, 5.41) is 28.7. The Hall–Kier alpha value is -11.3. The summed E-state index contributed by atoms with van der Waals surface area (Å²) in [6, 6.07) is 31.1. The lowest BCUT2D eigenvalue weighted by Crippen LogP contribution is -2.25. The quantitative estimate of drug-likeness (QED) is 0.0948. The van der Waals surface area contributed by atoms with Crippen molar-refractivity contribution >= 4 is 45.3 Å². The van der Waals surface area contributed by atoms with Gasteiger partial charge < -0.3 is 62.6 Å². The molecule has 108 heavy (non-hydrogen) atoms. The number of nitrogens with zero attached hydrogens (tertiary/aromatic N) is 16. The summed E-state index contributed by atoms with van der Waals surface area (Å²) in [7, 11) is 12.9. The third kappa shape index (κ3) is 14.8. The predicted octanol–water partition coefficient (Wildman–Crippen LogP) is 13.7. The van der Waals surface area contributed by atoms with E-state index in [0.717, 1.165) is 145 Å². The second kappa shape index (κ2) is 31.3. The molecule has 0 unspecified atom stereocenters. The largest absolute Gasteiger partial charge is 0.493 e. The van der Waals surface area contributed by atoms with Gasteiger partial charge in [0.15, 0.2) is 68.6 Å². The first-order chi connectivity index (χ1) is 52.0. The maximum atomic E-state index is 13.8. The number of halogens is 3. The molecule has 0 spiro atoms. The summed E-state index contributed by atoms with van der Waals surface area (Å²) in [5.74, 6) is 2.63. The fourth-order valence-corrected chi connectivity index (χ4v) is 14.9. The van der Waals surface area contributed by atoms with E-state index in [4.69, 9.17) is 63.0 Å². The minimum Gasteiger partial charge on any atom is -0.493 e. The fraction of sp³-hybridized carbons (Fsp3) is 0.400. The van der Waals surface area contributed by atoms with Crippen LogP contribution in [0.4, 0.5) is 35.9 Å². The van der Waals surface area contributed by atoms with E-state index in [0.29, 0.717) is 89.9 Å². The summed E-state index contributed by atoms with van der Waals surface area (Å²) in [6.45, 7) is 20.4. The molecule has 4 aromatic carbocycles. The van der Waals surface area contributed by atoms with Crippen LogP contribution in [-0.4, -0.2) is 191 Å². The molecule has 4 saturated heterocycles. The number of imidazole rings is 4. The lowest BCUT2D eigenvalue weighted by Gasteiger charge is -2.19. The van der Waals surface area contributed by atoms with Crippen LogP contribution in [0.5, 0.6) is 46.0 Å². The maximum Gasteiger partial charge on any atom is 0.266 e. The fourth-order valence-electron chi connectivity index (χ4n) is 14.9. The average Bonchev–Trinajstić information content (AvgIpc) is 1.62. The number of rotatable bonds is 16. The van der Waals surface area contributed by atoms with E-state index in [1.807, 2.05) is 160 Å². The molecule has 4 aliphatic rings. The highest BCUT2D eigenvalue weighted by molar-refractivity contribution is 5.81. The Morgan fingerprint density at radius 2 is 0.657 bits per heavy atom. The first-order valence-corrected chi connectivity index (χ1v) is 36.1. The molecule has 16 rings (SSSR count). The van der Waals surface area contributed by atoms with Crippen LogP contribution in [0, 0.1) is 55.4 Å². The van der Waals surface area contributed by atoms with Crippen molar-refractivity contribution < 1.29 is 56.2 Å². The molecule has 0 saturated carbocycles. The van der Waals surface area contributed by atoms with Crippen molar-refractivity contribution in [1.82, 2.24) is 58.4 Å². The molecule has 12 aromatic rings. The molecule has 28 heteroatoms. The van der Waals surface area contributed by atoms with Crippen molar-refractivity contribution in [3.8, 4) is 91.0 Å². The monoisotopic (exact) mass is 1480 g/mol. The first kappa shape index (κ1) is 75.0. The molecule has 25 nitrogen and oxygen atoms in total. The molecule has 12 heterocycles. The molecule has 2 atom stereocenters. The minimum atomic E-state index is -2.68. The number of ether oxygens (including phenoxy) is 8. The molecule has 4 aliphatic heterocycles. The number of alkyl halides is 3. The van der Waals surface area contributed by atoms with Crippen molar-refractivity contribution in [3.05, 3.63) is 143 Å². The molecule has 0 aliphatic carbocycles. The van der Waals surface area contributed by atoms with Crippen LogP contribution < -0.4 is 57.5 Å². The number of aromatic nitrogens is 12. The molecular formula is C80H93F3N16O9. The molecule has 568 valence electrons. The van der Waals surface area contributed by atoms with Crippen LogP contribution in [0.3, 0.4) is 0 Å². The highest BCUT2D eigenvalue weighted by atomic mass is 19.3. The zero-order chi connectivity index (χ0) is 76.6. The van der Waals surface area contributed by atoms with Gasteiger partial charge >= 0.3 is 0 Å². The Balaban J connectivity index is 0.000000127. The standard InChI is InChI=1S/C20H22F2N4O2.C20H23FN4O2.C20H24N4O3.C20H24N4O2/c1-12-9-15(25-8-7-20(21,22)11-25)19-23-13(2)18(26(19)24-12)14-5-6-16(27-3)17(10-14)28-4;1-12-9-16(24-8-7-15(21)11-24)20-22-13(2)19(25(20)23-12)14-5-6-17(26-3)18(10-14)27-4;1-12-9-16(23-8-7-15(25)11-23)20-21-13(2)19(24(20)22-12)14-5-6-17(26-3)18(10-14)27-4;1-13-11-16(23-9-5-6-10-23)20-21-14(2)19(24(20)22-13)15-7-8-17(25-3)18(12-15)26-4/h5-6,9-10H,7-8,11H2,1-4H3;5-6,9-10,15H,7-8,11H2,1-4H3;5-6,9-10,15,25H,7-8,11H2,1-4H3;7-8,11-12H,5-6,9-10H2,1-4H3/t;2*15-;/m.11./s1. The van der Waals surface area contributed by atoms with Crippen molar-refractivity contribution in [2.45, 2.75) is 106 Å². The number of aryl methyl sites for hydroxylation is 8. The lowest BCUT2D eigenvalue weighted by atomic mass is 10.1. The average molecular weight is 1480 g/mol. The van der Waals surface area contributed by atoms with Gasteiger partial charge in [-0.05, 0) is 178 Å². The topological polar surface area (TPSA) is 228 Å². The number of anilines is 4. The number of fused-ring (bicyclic) bond motifs is 4. The summed E-state index contributed by atoms with van der Waals surface area (Å²) in [4.78, 5) is 27.4. The number of benzene rings is 4. The second-order valence-electron chi connectivity index (χ2n) is 27.5. The van der Waals surface area contributed by atoms with Crippen molar-refractivity contribution in [1.29, 1.82) is 0 Å². The molecule has 0 amide bonds. The zero-order valence-corrected chi connectivity index (χ0v) is 64.1. The molecule has 0 radical (unpaired) electrons. The number of β-amino-alcohol motifs (C(OH)–C–C–N with tert-alkyl or cyclic N) is 1. The smallest absolute Gasteiger partial charge is 0.266 e. The van der Waals surface area contributed by atoms with Crippen LogP contribution in [0.2, 0.25) is 0 Å². The number of hydrogen-bond acceptors (Lipinski definition) is 21. The van der Waals surface area contributed by atoms with E-state index in [2.05, 4.69) is 35.9 Å². The first-order valence-electron chi connectivity index (χ1n) is 36.1. The number of aliphatic hydroxyl groups is 1. The van der Waals surface area contributed by atoms with Gasteiger partial charge in [-0.3, -0.25) is 0 Å². The second-order valence-corrected chi connectivity index (χ2v) is 27.5. The molecule has 1 N–H and O–H groups in total. The number of methoxy groups -OCH3 is 8. The Kier molecular flexibility index (Phi) is 21.7. The van der Waals surface area contributed by atoms with Gasteiger partial charge in [0, 0.05) is 74.5 Å². The Morgan fingerprint density at radius 1 is 0.361 bits per heavy atom. The Morgan fingerprint density at radius 3 is 0.926 bits per heavy atom. The maximum absolute atomic E-state index is 13.8. The van der Waals surface area contributed by atoms with Crippen molar-refractivity contribution in [3.63, 3.8) is 0 Å². The van der Waals surface area contributed by atoms with E-state index in [9.17, 15) is 18.3 Å². The van der Waals surface area contributed by atoms with Gasteiger partial charge in [0.1, 0.15) is 6.17 Å². The molecule has 4 fully saturated rings. The van der Waals surface area contributed by atoms with Crippen molar-refractivity contribution in [2.75, 3.05) is 129 Å². The van der Waals surface area contributed by atoms with Gasteiger partial charge in [-0.1, -0.05) is 0 Å². The van der Waals surface area contributed by atoms with Gasteiger partial charge in [0.2, 0.25) is 0 Å². The third-order valence-corrected chi connectivity index (χ3v) is 20.0. The predicted molar refractivity (Wildman–Crippen MR) is 412 cm³/mol. The van der Waals surface area contributed by atoms with Gasteiger partial charge in [-0.25, -0.2) is 51.2 Å². The summed E-state index contributed by atoms with van der Waals surface area (Å²) >= 11 is 0. The summed E-state index contributed by atoms with van der Waals surface area (Å²) < 4.78 is 91.9. The van der Waals surface area contributed by atoms with Crippen molar-refractivity contribution in [2.24, 2.45) is 0 Å².